The van der Waals surface area contributed by atoms with Crippen LogP contribution in [-0.4, -0.2) is 9.13 Å². The van der Waals surface area contributed by atoms with Crippen molar-refractivity contribution in [2.75, 3.05) is 0 Å². The molecule has 2 aliphatic rings. The molecule has 10 aromatic carbocycles. The van der Waals surface area contributed by atoms with Gasteiger partial charge in [0.1, 0.15) is 0 Å². The van der Waals surface area contributed by atoms with Gasteiger partial charge in [-0.25, -0.2) is 0 Å². The van der Waals surface area contributed by atoms with Crippen LogP contribution in [0.15, 0.2) is 214 Å². The van der Waals surface area contributed by atoms with Crippen molar-refractivity contribution in [3.05, 3.63) is 194 Å². The van der Waals surface area contributed by atoms with E-state index in [-0.39, 0.29) is 0 Å². The predicted molar refractivity (Wildman–Crippen MR) is 257 cm³/mol. The first kappa shape index (κ1) is 34.3. The molecule has 14 rings (SSSR count). The van der Waals surface area contributed by atoms with Gasteiger partial charge in [0.25, 0.3) is 0 Å². The van der Waals surface area contributed by atoms with E-state index < -0.39 is 0 Å². The largest absolute Gasteiger partial charge is 0.449 e. The summed E-state index contributed by atoms with van der Waals surface area (Å²) in [6.07, 6.45) is 0. The average Bonchev–Trinajstić information content (AvgIpc) is 3.87. The van der Waals surface area contributed by atoms with Crippen molar-refractivity contribution >= 4 is 88.7 Å². The van der Waals surface area contributed by atoms with Crippen LogP contribution in [0.3, 0.4) is 0 Å². The van der Waals surface area contributed by atoms with Crippen LogP contribution < -0.4 is 9.47 Å². The summed E-state index contributed by atoms with van der Waals surface area (Å²) >= 11 is 3.77. The molecule has 0 N–H and O–H groups in total. The Kier molecular flexibility index (Phi) is 7.23. The highest BCUT2D eigenvalue weighted by atomic mass is 32.2. The minimum Gasteiger partial charge on any atom is -0.449 e. The van der Waals surface area contributed by atoms with E-state index in [0.29, 0.717) is 0 Å². The molecule has 290 valence electrons. The number of aromatic nitrogens is 2. The molecule has 0 spiro atoms. The molecule has 4 heterocycles. The molecule has 2 aromatic heterocycles. The Balaban J connectivity index is 0.894. The van der Waals surface area contributed by atoms with Gasteiger partial charge in [-0.3, -0.25) is 0 Å². The van der Waals surface area contributed by atoms with Crippen molar-refractivity contribution in [2.24, 2.45) is 0 Å². The van der Waals surface area contributed by atoms with E-state index in [1.807, 2.05) is 53.9 Å². The summed E-state index contributed by atoms with van der Waals surface area (Å²) in [5, 5.41) is 9.64. The standard InChI is InChI=1S/C56H32N2O2S2/c1-3-11-39-35(9-1)21-27-41-51-43(29-31-47-55(51)60-46-14-6-5-13-45(46)59-47)57(53(39)41)37-23-17-33(18-24-37)34-19-25-38(26-20-34)58-44-30-32-50-56(62-49-16-8-7-15-48(49)61-50)52(44)42-28-22-36-10-2-4-12-40(36)54(42)58/h1-32H. The van der Waals surface area contributed by atoms with Crippen molar-refractivity contribution in [3.8, 4) is 45.5 Å². The second kappa shape index (κ2) is 13.1. The molecular formula is C56H32N2O2S2. The van der Waals surface area contributed by atoms with Gasteiger partial charge in [0.15, 0.2) is 23.0 Å². The average molecular weight is 829 g/mol. The molecule has 0 radical (unpaired) electrons. The molecule has 0 unspecified atom stereocenters. The molecule has 0 saturated carbocycles. The summed E-state index contributed by atoms with van der Waals surface area (Å²) in [6.45, 7) is 0. The molecule has 0 saturated heterocycles. The van der Waals surface area contributed by atoms with E-state index in [2.05, 4.69) is 173 Å². The summed E-state index contributed by atoms with van der Waals surface area (Å²) in [7, 11) is 0. The first-order valence-corrected chi connectivity index (χ1v) is 22.5. The lowest BCUT2D eigenvalue weighted by Gasteiger charge is -2.21. The van der Waals surface area contributed by atoms with Gasteiger partial charge in [-0.15, -0.1) is 0 Å². The molecule has 0 amide bonds. The summed E-state index contributed by atoms with van der Waals surface area (Å²) in [5.41, 5.74) is 9.23. The molecule has 6 heteroatoms. The summed E-state index contributed by atoms with van der Waals surface area (Å²) in [6, 6.07) is 69.9. The van der Waals surface area contributed by atoms with E-state index in [4.69, 9.17) is 9.47 Å². The Morgan fingerprint density at radius 2 is 0.855 bits per heavy atom. The van der Waals surface area contributed by atoms with Crippen molar-refractivity contribution in [1.29, 1.82) is 0 Å². The molecule has 12 aromatic rings. The van der Waals surface area contributed by atoms with E-state index in [1.165, 1.54) is 62.9 Å². The minimum atomic E-state index is 0.722. The van der Waals surface area contributed by atoms with E-state index in [1.54, 1.807) is 0 Å². The van der Waals surface area contributed by atoms with Gasteiger partial charge in [-0.1, -0.05) is 145 Å². The maximum absolute atomic E-state index is 6.64. The fraction of sp³-hybridized carbons (Fsp3) is 0. The minimum absolute atomic E-state index is 0.722. The van der Waals surface area contributed by atoms with Gasteiger partial charge in [0.2, 0.25) is 0 Å². The van der Waals surface area contributed by atoms with Crippen LogP contribution in [0.2, 0.25) is 0 Å². The summed E-state index contributed by atoms with van der Waals surface area (Å²) in [4.78, 5) is 5.29. The maximum Gasteiger partial charge on any atom is 0.180 e. The monoisotopic (exact) mass is 828 g/mol. The third-order valence-corrected chi connectivity index (χ3v) is 15.2. The summed E-state index contributed by atoms with van der Waals surface area (Å²) in [5.74, 6) is 2.92. The normalized spacial score (nSPS) is 13.0. The van der Waals surface area contributed by atoms with Crippen molar-refractivity contribution in [2.45, 2.75) is 19.6 Å². The zero-order chi connectivity index (χ0) is 40.5. The molecule has 2 aliphatic heterocycles. The van der Waals surface area contributed by atoms with Crippen LogP contribution in [0.5, 0.6) is 23.0 Å². The highest BCUT2D eigenvalue weighted by Gasteiger charge is 2.27. The highest BCUT2D eigenvalue weighted by Crippen LogP contribution is 2.54. The zero-order valence-electron chi connectivity index (χ0n) is 33.0. The van der Waals surface area contributed by atoms with Crippen LogP contribution in [0.1, 0.15) is 0 Å². The number of ether oxygens (including phenoxy) is 2. The quantitative estimate of drug-likeness (QED) is 0.177. The van der Waals surface area contributed by atoms with Gasteiger partial charge in [0, 0.05) is 57.9 Å². The Morgan fingerprint density at radius 1 is 0.339 bits per heavy atom. The van der Waals surface area contributed by atoms with Gasteiger partial charge < -0.3 is 18.6 Å². The number of hydrogen-bond acceptors (Lipinski definition) is 4. The second-order valence-electron chi connectivity index (χ2n) is 16.0. The first-order chi connectivity index (χ1) is 30.7. The number of nitrogens with zero attached hydrogens (tertiary/aromatic N) is 2. The van der Waals surface area contributed by atoms with E-state index in [0.717, 1.165) is 67.3 Å². The molecule has 4 nitrogen and oxygen atoms in total. The number of rotatable bonds is 3. The topological polar surface area (TPSA) is 28.3 Å². The van der Waals surface area contributed by atoms with E-state index in [9.17, 15) is 0 Å². The van der Waals surface area contributed by atoms with Crippen molar-refractivity contribution < 1.29 is 9.47 Å². The fourth-order valence-corrected chi connectivity index (χ4v) is 12.2. The molecule has 0 atom stereocenters. The zero-order valence-corrected chi connectivity index (χ0v) is 34.6. The van der Waals surface area contributed by atoms with Gasteiger partial charge in [0.05, 0.1) is 27.5 Å². The van der Waals surface area contributed by atoms with E-state index >= 15 is 0 Å². The van der Waals surface area contributed by atoms with Gasteiger partial charge in [-0.05, 0) is 94.7 Å². The van der Waals surface area contributed by atoms with Gasteiger partial charge in [-0.2, -0.15) is 0 Å². The Morgan fingerprint density at radius 3 is 1.50 bits per heavy atom. The molecule has 0 fully saturated rings. The summed E-state index contributed by atoms with van der Waals surface area (Å²) < 4.78 is 17.9. The molecule has 62 heavy (non-hydrogen) atoms. The molecular weight excluding hydrogens is 797 g/mol. The number of para-hydroxylation sites is 2. The number of hydrogen-bond donors (Lipinski definition) is 0. The third kappa shape index (κ3) is 4.93. The SMILES string of the molecule is c1ccc2c(c1)Oc1ccc3c(c1O2)c1ccc2ccccc2c1n3-c1ccc(-c2ccc(-n3c4ccc5c(c4c4ccc6ccccc6c43)Sc3ccccc3S5)cc2)cc1. The van der Waals surface area contributed by atoms with Crippen LogP contribution in [0.4, 0.5) is 0 Å². The smallest absolute Gasteiger partial charge is 0.180 e. The third-order valence-electron chi connectivity index (χ3n) is 12.6. The van der Waals surface area contributed by atoms with Crippen molar-refractivity contribution in [3.63, 3.8) is 0 Å². The lowest BCUT2D eigenvalue weighted by molar-refractivity contribution is 0.363. The Bertz CT molecular complexity index is 3610. The highest BCUT2D eigenvalue weighted by molar-refractivity contribution is 8.05. The number of benzene rings is 10. The lowest BCUT2D eigenvalue weighted by Crippen LogP contribution is -1.99. The molecule has 0 aliphatic carbocycles. The maximum atomic E-state index is 6.64. The lowest BCUT2D eigenvalue weighted by atomic mass is 10.0. The van der Waals surface area contributed by atoms with Crippen LogP contribution in [0, 0.1) is 0 Å². The van der Waals surface area contributed by atoms with Crippen LogP contribution in [-0.2, 0) is 0 Å². The van der Waals surface area contributed by atoms with Gasteiger partial charge >= 0.3 is 0 Å². The number of fused-ring (bicyclic) bond motifs is 16. The second-order valence-corrected chi connectivity index (χ2v) is 18.1. The van der Waals surface area contributed by atoms with Crippen LogP contribution >= 0.6 is 23.5 Å². The molecule has 0 bridgehead atoms. The fourth-order valence-electron chi connectivity index (χ4n) is 9.84. The van der Waals surface area contributed by atoms with Crippen LogP contribution in [0.25, 0.3) is 87.7 Å². The predicted octanol–water partition coefficient (Wildman–Crippen LogP) is 16.4. The Labute approximate surface area is 364 Å². The Hall–Kier alpha value is -7.38. The first-order valence-electron chi connectivity index (χ1n) is 20.8. The van der Waals surface area contributed by atoms with Crippen molar-refractivity contribution in [1.82, 2.24) is 9.13 Å².